The van der Waals surface area contributed by atoms with Gasteiger partial charge in [0.15, 0.2) is 0 Å². The Kier molecular flexibility index (Phi) is 4.32. The number of thioether (sulfide) groups is 1. The number of benzene rings is 1. The van der Waals surface area contributed by atoms with Crippen LogP contribution in [0.3, 0.4) is 0 Å². The van der Waals surface area contributed by atoms with Crippen LogP contribution >= 0.6 is 11.8 Å². The summed E-state index contributed by atoms with van der Waals surface area (Å²) in [6.07, 6.45) is 0.711. The molecule has 0 spiro atoms. The molecule has 0 heterocycles. The molecule has 0 saturated heterocycles. The normalized spacial score (nSPS) is 9.79. The van der Waals surface area contributed by atoms with Crippen molar-refractivity contribution in [1.29, 1.82) is 0 Å². The fraction of sp³-hybridized carbons (Fsp3) is 0.200. The maximum Gasteiger partial charge on any atom is 0.219 e. The number of alkyl halides is 1. The van der Waals surface area contributed by atoms with Gasteiger partial charge in [0.05, 0.1) is 6.67 Å². The first-order valence-corrected chi connectivity index (χ1v) is 5.05. The van der Waals surface area contributed by atoms with Crippen LogP contribution in [0.2, 0.25) is 0 Å². The molecule has 0 unspecified atom stereocenters. The standard InChI is InChI=1S/C10H9FO2S/c11-5-6-14-10(13)9-3-1-8(7-12)2-4-9/h1-4,7H,5-6H2. The van der Waals surface area contributed by atoms with Crippen molar-refractivity contribution < 1.29 is 14.0 Å². The molecule has 0 amide bonds. The number of carbonyl (C=O) groups is 2. The number of rotatable bonds is 4. The Balaban J connectivity index is 2.66. The Morgan fingerprint density at radius 2 is 2.00 bits per heavy atom. The van der Waals surface area contributed by atoms with Gasteiger partial charge in [0.1, 0.15) is 6.29 Å². The second-order valence-electron chi connectivity index (χ2n) is 2.56. The lowest BCUT2D eigenvalue weighted by Crippen LogP contribution is -1.96. The van der Waals surface area contributed by atoms with Gasteiger partial charge < -0.3 is 0 Å². The summed E-state index contributed by atoms with van der Waals surface area (Å²) >= 11 is 0.941. The summed E-state index contributed by atoms with van der Waals surface area (Å²) in [5.41, 5.74) is 1.02. The monoisotopic (exact) mass is 212 g/mol. The van der Waals surface area contributed by atoms with Crippen molar-refractivity contribution in [2.45, 2.75) is 0 Å². The van der Waals surface area contributed by atoms with Crippen molar-refractivity contribution in [2.24, 2.45) is 0 Å². The molecule has 0 aliphatic rings. The van der Waals surface area contributed by atoms with E-state index in [1.165, 1.54) is 0 Å². The van der Waals surface area contributed by atoms with E-state index in [4.69, 9.17) is 0 Å². The van der Waals surface area contributed by atoms with E-state index in [0.29, 0.717) is 17.4 Å². The van der Waals surface area contributed by atoms with E-state index < -0.39 is 6.67 Å². The Labute approximate surface area is 85.5 Å². The van der Waals surface area contributed by atoms with Gasteiger partial charge in [0.2, 0.25) is 5.12 Å². The molecule has 1 aromatic rings. The van der Waals surface area contributed by atoms with E-state index in [1.807, 2.05) is 0 Å². The Morgan fingerprint density at radius 3 is 2.50 bits per heavy atom. The summed E-state index contributed by atoms with van der Waals surface area (Å²) in [6.45, 7) is -0.511. The van der Waals surface area contributed by atoms with Gasteiger partial charge in [-0.15, -0.1) is 0 Å². The minimum atomic E-state index is -0.511. The van der Waals surface area contributed by atoms with Crippen LogP contribution in [0.25, 0.3) is 0 Å². The molecular formula is C10H9FO2S. The van der Waals surface area contributed by atoms with Gasteiger partial charge in [-0.25, -0.2) is 0 Å². The van der Waals surface area contributed by atoms with E-state index in [1.54, 1.807) is 24.3 Å². The van der Waals surface area contributed by atoms with Crippen LogP contribution in [-0.2, 0) is 0 Å². The first kappa shape index (κ1) is 10.9. The molecule has 0 aliphatic carbocycles. The molecule has 0 aliphatic heterocycles. The highest BCUT2D eigenvalue weighted by molar-refractivity contribution is 8.14. The van der Waals surface area contributed by atoms with Crippen molar-refractivity contribution in [1.82, 2.24) is 0 Å². The van der Waals surface area contributed by atoms with Gasteiger partial charge in [-0.3, -0.25) is 14.0 Å². The summed E-state index contributed by atoms with van der Waals surface area (Å²) in [6, 6.07) is 6.26. The van der Waals surface area contributed by atoms with Crippen LogP contribution in [0.15, 0.2) is 24.3 Å². The van der Waals surface area contributed by atoms with E-state index in [2.05, 4.69) is 0 Å². The zero-order valence-electron chi connectivity index (χ0n) is 7.40. The molecule has 2 nitrogen and oxygen atoms in total. The largest absolute Gasteiger partial charge is 0.298 e. The topological polar surface area (TPSA) is 34.1 Å². The molecular weight excluding hydrogens is 203 g/mol. The lowest BCUT2D eigenvalue weighted by molar-refractivity contribution is 0.108. The molecule has 0 saturated carbocycles. The molecule has 0 fully saturated rings. The van der Waals surface area contributed by atoms with Crippen LogP contribution in [-0.4, -0.2) is 23.8 Å². The highest BCUT2D eigenvalue weighted by Gasteiger charge is 2.05. The first-order valence-electron chi connectivity index (χ1n) is 4.06. The number of carbonyl (C=O) groups excluding carboxylic acids is 2. The maximum atomic E-state index is 11.8. The number of hydrogen-bond acceptors (Lipinski definition) is 3. The molecule has 0 aromatic heterocycles. The fourth-order valence-electron chi connectivity index (χ4n) is 0.912. The SMILES string of the molecule is O=Cc1ccc(C(=O)SCCF)cc1. The van der Waals surface area contributed by atoms with Crippen LogP contribution in [0.4, 0.5) is 4.39 Å². The number of halogens is 1. The molecule has 0 N–H and O–H groups in total. The van der Waals surface area contributed by atoms with Crippen LogP contribution in [0.1, 0.15) is 20.7 Å². The third-order valence-electron chi connectivity index (χ3n) is 1.59. The van der Waals surface area contributed by atoms with Crippen LogP contribution in [0.5, 0.6) is 0 Å². The highest BCUT2D eigenvalue weighted by Crippen LogP contribution is 2.12. The van der Waals surface area contributed by atoms with E-state index in [-0.39, 0.29) is 10.9 Å². The summed E-state index contributed by atoms with van der Waals surface area (Å²) in [4.78, 5) is 21.6. The third kappa shape index (κ3) is 2.96. The quantitative estimate of drug-likeness (QED) is 0.718. The lowest BCUT2D eigenvalue weighted by atomic mass is 10.2. The van der Waals surface area contributed by atoms with Gasteiger partial charge >= 0.3 is 0 Å². The fourth-order valence-corrected chi connectivity index (χ4v) is 1.48. The van der Waals surface area contributed by atoms with E-state index in [0.717, 1.165) is 11.8 Å². The minimum absolute atomic E-state index is 0.167. The molecule has 4 heteroatoms. The van der Waals surface area contributed by atoms with Crippen LogP contribution < -0.4 is 0 Å². The number of aldehydes is 1. The van der Waals surface area contributed by atoms with Crippen molar-refractivity contribution >= 4 is 23.2 Å². The Bertz CT molecular complexity index is 321. The molecule has 1 aromatic carbocycles. The number of hydrogen-bond donors (Lipinski definition) is 0. The molecule has 1 rings (SSSR count). The Hall–Kier alpha value is -1.16. The second-order valence-corrected chi connectivity index (χ2v) is 3.63. The maximum absolute atomic E-state index is 11.8. The predicted octanol–water partition coefficient (Wildman–Crippen LogP) is 2.34. The van der Waals surface area contributed by atoms with Crippen LogP contribution in [0, 0.1) is 0 Å². The van der Waals surface area contributed by atoms with Crippen molar-refractivity contribution in [3.8, 4) is 0 Å². The van der Waals surface area contributed by atoms with E-state index in [9.17, 15) is 14.0 Å². The smallest absolute Gasteiger partial charge is 0.219 e. The highest BCUT2D eigenvalue weighted by atomic mass is 32.2. The zero-order chi connectivity index (χ0) is 10.4. The average Bonchev–Trinajstić information content (AvgIpc) is 2.26. The van der Waals surface area contributed by atoms with Gasteiger partial charge in [0, 0.05) is 16.9 Å². The van der Waals surface area contributed by atoms with Crippen molar-refractivity contribution in [3.63, 3.8) is 0 Å². The summed E-state index contributed by atoms with van der Waals surface area (Å²) < 4.78 is 11.8. The average molecular weight is 212 g/mol. The summed E-state index contributed by atoms with van der Waals surface area (Å²) in [5.74, 6) is 0.175. The van der Waals surface area contributed by atoms with Gasteiger partial charge in [-0.1, -0.05) is 23.9 Å². The summed E-state index contributed by atoms with van der Waals surface area (Å²) in [5, 5.41) is -0.167. The molecule has 0 bridgehead atoms. The molecule has 14 heavy (non-hydrogen) atoms. The van der Waals surface area contributed by atoms with Crippen molar-refractivity contribution in [2.75, 3.05) is 12.4 Å². The van der Waals surface area contributed by atoms with Crippen molar-refractivity contribution in [3.05, 3.63) is 35.4 Å². The summed E-state index contributed by atoms with van der Waals surface area (Å²) in [7, 11) is 0. The minimum Gasteiger partial charge on any atom is -0.298 e. The first-order chi connectivity index (χ1) is 6.77. The lowest BCUT2D eigenvalue weighted by Gasteiger charge is -1.98. The third-order valence-corrected chi connectivity index (χ3v) is 2.45. The molecule has 0 atom stereocenters. The Morgan fingerprint density at radius 1 is 1.36 bits per heavy atom. The van der Waals surface area contributed by atoms with Gasteiger partial charge in [-0.2, -0.15) is 0 Å². The predicted molar refractivity (Wildman–Crippen MR) is 54.6 cm³/mol. The zero-order valence-corrected chi connectivity index (χ0v) is 8.22. The molecule has 74 valence electrons. The van der Waals surface area contributed by atoms with Gasteiger partial charge in [0.25, 0.3) is 0 Å². The molecule has 0 radical (unpaired) electrons. The van der Waals surface area contributed by atoms with E-state index >= 15 is 0 Å². The van der Waals surface area contributed by atoms with Gasteiger partial charge in [-0.05, 0) is 12.1 Å². The second kappa shape index (κ2) is 5.54.